The van der Waals surface area contributed by atoms with Gasteiger partial charge in [0.15, 0.2) is 17.2 Å². The molecule has 2 aliphatic rings. The third kappa shape index (κ3) is 2.35. The Balaban J connectivity index is 1.77. The highest BCUT2D eigenvalue weighted by molar-refractivity contribution is 5.95. The molecule has 2 heterocycles. The summed E-state index contributed by atoms with van der Waals surface area (Å²) >= 11 is 0. The average molecular weight is 362 g/mol. The lowest BCUT2D eigenvalue weighted by Crippen LogP contribution is -2.15. The van der Waals surface area contributed by atoms with E-state index in [0.29, 0.717) is 17.2 Å². The van der Waals surface area contributed by atoms with Crippen LogP contribution in [0.1, 0.15) is 21.6 Å². The van der Waals surface area contributed by atoms with Crippen LogP contribution in [0.2, 0.25) is 0 Å². The standard InChI is InChI=1S/C20H18N4O3/c1-22-12-4-2-11-3-6-14-18(20(21)25)23-24(19(14)15(11)8-12)13-5-7-16-17(9-13)27-10-26-16/h2,4-5,7-9,22H,3,6,10H2,1H3,(H2,21,25). The van der Waals surface area contributed by atoms with Crippen molar-refractivity contribution in [1.29, 1.82) is 0 Å². The number of hydrogen-bond donors (Lipinski definition) is 2. The first-order valence-corrected chi connectivity index (χ1v) is 8.78. The molecule has 0 saturated heterocycles. The van der Waals surface area contributed by atoms with E-state index in [1.165, 1.54) is 5.56 Å². The van der Waals surface area contributed by atoms with Crippen LogP contribution in [0.5, 0.6) is 11.5 Å². The maximum absolute atomic E-state index is 12.0. The van der Waals surface area contributed by atoms with Gasteiger partial charge in [-0.05, 0) is 42.7 Å². The van der Waals surface area contributed by atoms with E-state index in [1.807, 2.05) is 25.2 Å². The van der Waals surface area contributed by atoms with Crippen molar-refractivity contribution in [2.24, 2.45) is 5.73 Å². The van der Waals surface area contributed by atoms with Crippen molar-refractivity contribution in [3.8, 4) is 28.4 Å². The zero-order valence-corrected chi connectivity index (χ0v) is 14.8. The van der Waals surface area contributed by atoms with Gasteiger partial charge in [-0.15, -0.1) is 0 Å². The fourth-order valence-electron chi connectivity index (χ4n) is 3.80. The molecule has 1 amide bonds. The lowest BCUT2D eigenvalue weighted by atomic mass is 9.88. The fourth-order valence-corrected chi connectivity index (χ4v) is 3.80. The molecule has 0 spiro atoms. The summed E-state index contributed by atoms with van der Waals surface area (Å²) in [5.41, 5.74) is 11.8. The Kier molecular flexibility index (Phi) is 3.36. The Bertz CT molecular complexity index is 1090. The third-order valence-electron chi connectivity index (χ3n) is 5.12. The molecular weight excluding hydrogens is 344 g/mol. The quantitative estimate of drug-likeness (QED) is 0.747. The molecule has 0 unspecified atom stereocenters. The van der Waals surface area contributed by atoms with Crippen molar-refractivity contribution < 1.29 is 14.3 Å². The van der Waals surface area contributed by atoms with Gasteiger partial charge in [0.05, 0.1) is 11.4 Å². The van der Waals surface area contributed by atoms with Crippen LogP contribution >= 0.6 is 0 Å². The number of amides is 1. The van der Waals surface area contributed by atoms with E-state index in [0.717, 1.165) is 41.0 Å². The van der Waals surface area contributed by atoms with E-state index in [2.05, 4.69) is 28.6 Å². The monoisotopic (exact) mass is 362 g/mol. The maximum atomic E-state index is 12.0. The molecule has 7 heteroatoms. The van der Waals surface area contributed by atoms with E-state index in [-0.39, 0.29) is 6.79 Å². The number of aryl methyl sites for hydroxylation is 1. The summed E-state index contributed by atoms with van der Waals surface area (Å²) in [6, 6.07) is 11.9. The normalized spacial score (nSPS) is 13.8. The van der Waals surface area contributed by atoms with Crippen molar-refractivity contribution in [2.75, 3.05) is 19.2 Å². The van der Waals surface area contributed by atoms with Gasteiger partial charge >= 0.3 is 0 Å². The second-order valence-corrected chi connectivity index (χ2v) is 6.61. The van der Waals surface area contributed by atoms with Gasteiger partial charge in [-0.1, -0.05) is 6.07 Å². The van der Waals surface area contributed by atoms with Crippen molar-refractivity contribution in [3.05, 3.63) is 53.2 Å². The Hall–Kier alpha value is -3.48. The van der Waals surface area contributed by atoms with E-state index in [9.17, 15) is 4.79 Å². The number of nitrogens with zero attached hydrogens (tertiary/aromatic N) is 2. The minimum atomic E-state index is -0.515. The number of fused-ring (bicyclic) bond motifs is 4. The van der Waals surface area contributed by atoms with E-state index in [4.69, 9.17) is 15.2 Å². The second-order valence-electron chi connectivity index (χ2n) is 6.61. The predicted molar refractivity (Wildman–Crippen MR) is 101 cm³/mol. The summed E-state index contributed by atoms with van der Waals surface area (Å²) < 4.78 is 12.7. The summed E-state index contributed by atoms with van der Waals surface area (Å²) in [6.07, 6.45) is 1.57. The fraction of sp³-hybridized carbons (Fsp3) is 0.200. The molecule has 0 saturated carbocycles. The first-order chi connectivity index (χ1) is 13.2. The minimum Gasteiger partial charge on any atom is -0.454 e. The van der Waals surface area contributed by atoms with E-state index < -0.39 is 5.91 Å². The van der Waals surface area contributed by atoms with Gasteiger partial charge in [-0.2, -0.15) is 5.10 Å². The summed E-state index contributed by atoms with van der Waals surface area (Å²) in [7, 11) is 1.88. The van der Waals surface area contributed by atoms with Crippen LogP contribution in [0.3, 0.4) is 0 Å². The molecule has 27 heavy (non-hydrogen) atoms. The summed E-state index contributed by atoms with van der Waals surface area (Å²) in [5.74, 6) is 0.851. The van der Waals surface area contributed by atoms with Crippen molar-refractivity contribution in [3.63, 3.8) is 0 Å². The molecule has 2 aromatic carbocycles. The number of ether oxygens (including phenoxy) is 2. The minimum absolute atomic E-state index is 0.205. The number of nitrogens with two attached hydrogens (primary N) is 1. The molecule has 5 rings (SSSR count). The number of aromatic nitrogens is 2. The molecule has 7 nitrogen and oxygen atoms in total. The summed E-state index contributed by atoms with van der Waals surface area (Å²) in [6.45, 7) is 0.205. The summed E-state index contributed by atoms with van der Waals surface area (Å²) in [4.78, 5) is 12.0. The molecule has 1 aliphatic carbocycles. The summed E-state index contributed by atoms with van der Waals surface area (Å²) in [5, 5.41) is 7.74. The molecular formula is C20H18N4O3. The van der Waals surface area contributed by atoms with Crippen molar-refractivity contribution in [2.45, 2.75) is 12.8 Å². The Morgan fingerprint density at radius 2 is 2.00 bits per heavy atom. The highest BCUT2D eigenvalue weighted by Crippen LogP contribution is 2.40. The SMILES string of the molecule is CNc1ccc2c(c1)-c1c(c(C(N)=O)nn1-c1ccc3c(c1)OCO3)CC2. The Morgan fingerprint density at radius 3 is 2.81 bits per heavy atom. The zero-order valence-electron chi connectivity index (χ0n) is 14.8. The highest BCUT2D eigenvalue weighted by atomic mass is 16.7. The molecule has 3 aromatic rings. The Labute approximate surface area is 155 Å². The van der Waals surface area contributed by atoms with E-state index in [1.54, 1.807) is 4.68 Å². The highest BCUT2D eigenvalue weighted by Gasteiger charge is 2.28. The van der Waals surface area contributed by atoms with Gasteiger partial charge in [0.1, 0.15) is 0 Å². The number of rotatable bonds is 3. The maximum Gasteiger partial charge on any atom is 0.269 e. The van der Waals surface area contributed by atoms with E-state index >= 15 is 0 Å². The first kappa shape index (κ1) is 15.7. The van der Waals surface area contributed by atoms with Crippen LogP contribution in [0.25, 0.3) is 16.9 Å². The molecule has 0 bridgehead atoms. The first-order valence-electron chi connectivity index (χ1n) is 8.78. The number of primary amides is 1. The largest absolute Gasteiger partial charge is 0.454 e. The van der Waals surface area contributed by atoms with Gasteiger partial charge in [0.2, 0.25) is 6.79 Å². The molecule has 0 radical (unpaired) electrons. The molecule has 0 atom stereocenters. The number of carbonyl (C=O) groups excluding carboxylic acids is 1. The van der Waals surface area contributed by atoms with Crippen LogP contribution in [-0.4, -0.2) is 29.5 Å². The number of carbonyl (C=O) groups is 1. The lowest BCUT2D eigenvalue weighted by molar-refractivity contribution is 0.0994. The predicted octanol–water partition coefficient (Wildman–Crippen LogP) is 2.51. The molecule has 0 fully saturated rings. The van der Waals surface area contributed by atoms with Gasteiger partial charge in [0.25, 0.3) is 5.91 Å². The molecule has 1 aromatic heterocycles. The van der Waals surface area contributed by atoms with Gasteiger partial charge in [0, 0.05) is 29.9 Å². The van der Waals surface area contributed by atoms with Gasteiger partial charge in [-0.3, -0.25) is 4.79 Å². The van der Waals surface area contributed by atoms with Crippen LogP contribution < -0.4 is 20.5 Å². The van der Waals surface area contributed by atoms with Crippen LogP contribution in [0.15, 0.2) is 36.4 Å². The van der Waals surface area contributed by atoms with Gasteiger partial charge < -0.3 is 20.5 Å². The molecule has 1 aliphatic heterocycles. The zero-order chi connectivity index (χ0) is 18.5. The third-order valence-corrected chi connectivity index (χ3v) is 5.12. The number of benzene rings is 2. The Morgan fingerprint density at radius 1 is 1.15 bits per heavy atom. The van der Waals surface area contributed by atoms with Crippen molar-refractivity contribution >= 4 is 11.6 Å². The topological polar surface area (TPSA) is 91.4 Å². The molecule has 3 N–H and O–H groups in total. The smallest absolute Gasteiger partial charge is 0.269 e. The van der Waals surface area contributed by atoms with Crippen molar-refractivity contribution in [1.82, 2.24) is 9.78 Å². The number of nitrogens with one attached hydrogen (secondary N) is 1. The average Bonchev–Trinajstić information content (AvgIpc) is 3.31. The lowest BCUT2D eigenvalue weighted by Gasteiger charge is -2.20. The van der Waals surface area contributed by atoms with Crippen LogP contribution in [0.4, 0.5) is 5.69 Å². The number of anilines is 1. The van der Waals surface area contributed by atoms with Gasteiger partial charge in [-0.25, -0.2) is 4.68 Å². The second kappa shape index (κ2) is 5.77. The van der Waals surface area contributed by atoms with Crippen LogP contribution in [0, 0.1) is 0 Å². The number of hydrogen-bond acceptors (Lipinski definition) is 5. The van der Waals surface area contributed by atoms with Crippen LogP contribution in [-0.2, 0) is 12.8 Å². The molecule has 136 valence electrons.